The lowest BCUT2D eigenvalue weighted by atomic mass is 10.2. The van der Waals surface area contributed by atoms with E-state index in [0.29, 0.717) is 0 Å². The van der Waals surface area contributed by atoms with Crippen LogP contribution in [0.4, 0.5) is 0 Å². The van der Waals surface area contributed by atoms with Crippen LogP contribution in [0.25, 0.3) is 6.08 Å². The molecule has 0 unspecified atom stereocenters. The summed E-state index contributed by atoms with van der Waals surface area (Å²) >= 11 is 0. The molecule has 0 spiro atoms. The molecule has 68 valence electrons. The third kappa shape index (κ3) is 3.29. The summed E-state index contributed by atoms with van der Waals surface area (Å²) in [5, 5.41) is 8.99. The Morgan fingerprint density at radius 1 is 1.23 bits per heavy atom. The van der Waals surface area contributed by atoms with Crippen molar-refractivity contribution in [1.29, 1.82) is 0 Å². The summed E-state index contributed by atoms with van der Waals surface area (Å²) in [6.07, 6.45) is 3.42. The van der Waals surface area contributed by atoms with Crippen molar-refractivity contribution in [2.45, 2.75) is 0 Å². The molecule has 0 saturated carbocycles. The van der Waals surface area contributed by atoms with Crippen molar-refractivity contribution < 1.29 is 10.1 Å². The Morgan fingerprint density at radius 2 is 1.85 bits per heavy atom. The van der Waals surface area contributed by atoms with Gasteiger partial charge in [0.15, 0.2) is 0 Å². The topological polar surface area (TPSA) is 86.2 Å². The van der Waals surface area contributed by atoms with Crippen molar-refractivity contribution in [1.82, 2.24) is 0 Å². The van der Waals surface area contributed by atoms with Crippen LogP contribution < -0.4 is 16.5 Å². The standard InChI is InChI=1S/C9H11N3O/c10-9(11)12-6-5-7-1-3-8(13)4-2-7/h1-6,13H,(H4,10,11,12)/p+1/b6-5+. The molecule has 0 fully saturated rings. The normalized spacial score (nSPS) is 10.2. The SMILES string of the molecule is NC(N)=[NH+]/C=C/c1ccc(O)cc1. The molecule has 0 bridgehead atoms. The predicted octanol–water partition coefficient (Wildman–Crippen LogP) is -1.28. The number of benzene rings is 1. The van der Waals surface area contributed by atoms with Gasteiger partial charge in [-0.2, -0.15) is 0 Å². The zero-order valence-corrected chi connectivity index (χ0v) is 7.07. The van der Waals surface area contributed by atoms with Crippen molar-refractivity contribution in [3.63, 3.8) is 0 Å². The Kier molecular flexibility index (Phi) is 2.92. The first-order valence-electron chi connectivity index (χ1n) is 3.78. The van der Waals surface area contributed by atoms with Gasteiger partial charge in [0.05, 0.1) is 6.20 Å². The summed E-state index contributed by atoms with van der Waals surface area (Å²) in [6, 6.07) is 6.77. The van der Waals surface area contributed by atoms with Gasteiger partial charge in [-0.3, -0.25) is 16.5 Å². The van der Waals surface area contributed by atoms with E-state index in [1.807, 2.05) is 0 Å². The Balaban J connectivity index is 2.70. The minimum atomic E-state index is 0.148. The average molecular weight is 178 g/mol. The van der Waals surface area contributed by atoms with E-state index in [-0.39, 0.29) is 11.7 Å². The van der Waals surface area contributed by atoms with E-state index in [4.69, 9.17) is 16.6 Å². The molecule has 0 aliphatic rings. The second kappa shape index (κ2) is 4.15. The lowest BCUT2D eigenvalue weighted by Gasteiger charge is -1.91. The molecule has 13 heavy (non-hydrogen) atoms. The van der Waals surface area contributed by atoms with E-state index in [2.05, 4.69) is 4.99 Å². The number of phenols is 1. The third-order valence-corrected chi connectivity index (χ3v) is 1.42. The van der Waals surface area contributed by atoms with E-state index in [1.165, 1.54) is 0 Å². The number of phenolic OH excluding ortho intramolecular Hbond substituents is 1. The van der Waals surface area contributed by atoms with Gasteiger partial charge in [0.25, 0.3) is 0 Å². The fourth-order valence-electron chi connectivity index (χ4n) is 0.820. The number of aromatic hydroxyl groups is 1. The first-order chi connectivity index (χ1) is 6.18. The smallest absolute Gasteiger partial charge is 0.343 e. The van der Waals surface area contributed by atoms with Gasteiger partial charge in [-0.05, 0) is 23.8 Å². The quantitative estimate of drug-likeness (QED) is 0.336. The van der Waals surface area contributed by atoms with Gasteiger partial charge in [-0.15, -0.1) is 0 Å². The van der Waals surface area contributed by atoms with Crippen LogP contribution in [-0.4, -0.2) is 11.1 Å². The highest BCUT2D eigenvalue weighted by Gasteiger charge is 1.87. The Hall–Kier alpha value is -1.97. The maximum Gasteiger partial charge on any atom is 0.343 e. The number of nitrogens with two attached hydrogens (primary N) is 2. The van der Waals surface area contributed by atoms with Crippen molar-refractivity contribution >= 4 is 12.0 Å². The van der Waals surface area contributed by atoms with Crippen LogP contribution in [0.1, 0.15) is 5.56 Å². The number of hydrogen-bond acceptors (Lipinski definition) is 1. The molecule has 0 aliphatic carbocycles. The van der Waals surface area contributed by atoms with Gasteiger partial charge in [-0.1, -0.05) is 12.1 Å². The van der Waals surface area contributed by atoms with Gasteiger partial charge >= 0.3 is 5.96 Å². The van der Waals surface area contributed by atoms with Crippen molar-refractivity contribution in [3.05, 3.63) is 36.0 Å². The monoisotopic (exact) mass is 178 g/mol. The molecule has 0 radical (unpaired) electrons. The fraction of sp³-hybridized carbons (Fsp3) is 0. The molecule has 0 aliphatic heterocycles. The van der Waals surface area contributed by atoms with Crippen LogP contribution in [0, 0.1) is 0 Å². The van der Waals surface area contributed by atoms with Gasteiger partial charge in [-0.25, -0.2) is 0 Å². The van der Waals surface area contributed by atoms with Gasteiger partial charge in [0.2, 0.25) is 0 Å². The lowest BCUT2D eigenvalue weighted by Crippen LogP contribution is -2.72. The maximum absolute atomic E-state index is 8.99. The number of nitrogens with one attached hydrogen (secondary N) is 1. The summed E-state index contributed by atoms with van der Waals surface area (Å²) < 4.78 is 0. The lowest BCUT2D eigenvalue weighted by molar-refractivity contribution is -0.373. The Labute approximate surface area is 76.2 Å². The molecule has 1 aromatic carbocycles. The highest BCUT2D eigenvalue weighted by atomic mass is 16.3. The maximum atomic E-state index is 8.99. The second-order valence-electron chi connectivity index (χ2n) is 2.52. The van der Waals surface area contributed by atoms with Crippen molar-refractivity contribution in [3.8, 4) is 5.75 Å². The van der Waals surface area contributed by atoms with Crippen LogP contribution in [0.5, 0.6) is 5.75 Å². The zero-order chi connectivity index (χ0) is 9.68. The molecule has 0 saturated heterocycles. The van der Waals surface area contributed by atoms with E-state index >= 15 is 0 Å². The van der Waals surface area contributed by atoms with Crippen LogP contribution in [0.2, 0.25) is 0 Å². The molecule has 0 aromatic heterocycles. The largest absolute Gasteiger partial charge is 0.508 e. The molecule has 0 amide bonds. The summed E-state index contributed by atoms with van der Waals surface area (Å²) in [5.41, 5.74) is 11.3. The molecule has 0 atom stereocenters. The van der Waals surface area contributed by atoms with E-state index < -0.39 is 0 Å². The third-order valence-electron chi connectivity index (χ3n) is 1.42. The van der Waals surface area contributed by atoms with Gasteiger partial charge in [0.1, 0.15) is 5.75 Å². The molecule has 4 heteroatoms. The summed E-state index contributed by atoms with van der Waals surface area (Å²) in [4.78, 5) is 2.64. The van der Waals surface area contributed by atoms with E-state index in [9.17, 15) is 0 Å². The molecular weight excluding hydrogens is 166 g/mol. The molecule has 1 rings (SSSR count). The number of guanidine groups is 1. The minimum Gasteiger partial charge on any atom is -0.508 e. The molecule has 6 N–H and O–H groups in total. The molecule has 1 aromatic rings. The highest BCUT2D eigenvalue weighted by molar-refractivity contribution is 5.69. The minimum absolute atomic E-state index is 0.148. The summed E-state index contributed by atoms with van der Waals surface area (Å²) in [5.74, 6) is 0.394. The number of hydrogen-bond donors (Lipinski definition) is 4. The Morgan fingerprint density at radius 3 is 2.38 bits per heavy atom. The first kappa shape index (κ1) is 9.12. The van der Waals surface area contributed by atoms with Crippen molar-refractivity contribution in [2.75, 3.05) is 0 Å². The predicted molar refractivity (Wildman–Crippen MR) is 51.5 cm³/mol. The average Bonchev–Trinajstić information content (AvgIpc) is 2.08. The Bertz CT molecular complexity index is 323. The molecular formula is C9H12N3O+. The zero-order valence-electron chi connectivity index (χ0n) is 7.07. The molecule has 0 heterocycles. The van der Waals surface area contributed by atoms with Gasteiger partial charge in [0, 0.05) is 0 Å². The summed E-state index contributed by atoms with van der Waals surface area (Å²) in [6.45, 7) is 0. The molecule has 4 nitrogen and oxygen atoms in total. The van der Waals surface area contributed by atoms with Crippen LogP contribution in [-0.2, 0) is 0 Å². The van der Waals surface area contributed by atoms with Crippen LogP contribution in [0.15, 0.2) is 30.5 Å². The second-order valence-corrected chi connectivity index (χ2v) is 2.52. The first-order valence-corrected chi connectivity index (χ1v) is 3.78. The van der Waals surface area contributed by atoms with Crippen molar-refractivity contribution in [2.24, 2.45) is 11.5 Å². The van der Waals surface area contributed by atoms with E-state index in [0.717, 1.165) is 5.56 Å². The van der Waals surface area contributed by atoms with Crippen LogP contribution >= 0.6 is 0 Å². The fourth-order valence-corrected chi connectivity index (χ4v) is 0.820. The van der Waals surface area contributed by atoms with E-state index in [1.54, 1.807) is 36.5 Å². The van der Waals surface area contributed by atoms with Gasteiger partial charge < -0.3 is 5.11 Å². The number of rotatable bonds is 2. The van der Waals surface area contributed by atoms with Crippen LogP contribution in [0.3, 0.4) is 0 Å². The summed E-state index contributed by atoms with van der Waals surface area (Å²) in [7, 11) is 0. The highest BCUT2D eigenvalue weighted by Crippen LogP contribution is 2.09.